The first-order valence-corrected chi connectivity index (χ1v) is 13.9. The van der Waals surface area contributed by atoms with Gasteiger partial charge >= 0.3 is 0 Å². The molecule has 3 aliphatic rings. The van der Waals surface area contributed by atoms with Crippen LogP contribution < -0.4 is 16.0 Å². The standard InChI is InChI=1S/C31H36N4O8/c1-34(2)20-11-16(13-33-12-14-5-7-17(36)8-6-14)25(37)22-18(20)9-15-10-19-24(35(3)4)27(39)23(30(32)42)29(41)31(19,43)28(40)21(15)26(22)38/h5-8,11,15,19,24,33,36-38,41,43H,9-10,12-13H2,1-4H3,(H2,32,42)/t15-,19-,24+,31-/m0/s1. The summed E-state index contributed by atoms with van der Waals surface area (Å²) < 4.78 is 0. The molecule has 1 saturated carbocycles. The third kappa shape index (κ3) is 4.62. The Kier molecular flexibility index (Phi) is 7.49. The van der Waals surface area contributed by atoms with Crippen molar-refractivity contribution in [2.24, 2.45) is 17.6 Å². The number of nitrogens with one attached hydrogen (secondary N) is 1. The van der Waals surface area contributed by atoms with Crippen LogP contribution in [0.5, 0.6) is 11.5 Å². The predicted octanol–water partition coefficient (Wildman–Crippen LogP) is 1.03. The normalized spacial score (nSPS) is 25.0. The number of hydrogen-bond donors (Lipinski definition) is 7. The van der Waals surface area contributed by atoms with Gasteiger partial charge < -0.3 is 41.5 Å². The van der Waals surface area contributed by atoms with Crippen LogP contribution in [0.15, 0.2) is 47.2 Å². The van der Waals surface area contributed by atoms with Gasteiger partial charge in [0.1, 0.15) is 28.6 Å². The summed E-state index contributed by atoms with van der Waals surface area (Å²) >= 11 is 0. The van der Waals surface area contributed by atoms with Crippen molar-refractivity contribution in [1.82, 2.24) is 10.2 Å². The average molecular weight is 593 g/mol. The van der Waals surface area contributed by atoms with Gasteiger partial charge in [-0.3, -0.25) is 19.3 Å². The maximum Gasteiger partial charge on any atom is 0.255 e. The molecule has 228 valence electrons. The van der Waals surface area contributed by atoms with Gasteiger partial charge in [0.15, 0.2) is 11.4 Å². The van der Waals surface area contributed by atoms with E-state index in [-0.39, 0.29) is 42.0 Å². The Balaban J connectivity index is 1.61. The number of carbonyl (C=O) groups is 3. The van der Waals surface area contributed by atoms with Gasteiger partial charge in [0.2, 0.25) is 5.78 Å². The largest absolute Gasteiger partial charge is 0.508 e. The number of amides is 1. The number of rotatable bonds is 7. The van der Waals surface area contributed by atoms with Gasteiger partial charge in [-0.25, -0.2) is 0 Å². The van der Waals surface area contributed by atoms with Crippen molar-refractivity contribution in [2.75, 3.05) is 33.1 Å². The molecule has 12 nitrogen and oxygen atoms in total. The lowest BCUT2D eigenvalue weighted by Crippen LogP contribution is -2.65. The molecule has 0 saturated heterocycles. The van der Waals surface area contributed by atoms with E-state index in [4.69, 9.17) is 5.73 Å². The number of benzene rings is 2. The van der Waals surface area contributed by atoms with E-state index in [1.807, 2.05) is 19.0 Å². The van der Waals surface area contributed by atoms with E-state index in [1.54, 1.807) is 44.4 Å². The topological polar surface area (TPSA) is 197 Å². The number of primary amides is 1. The fraction of sp³-hybridized carbons (Fsp3) is 0.387. The molecule has 4 atom stereocenters. The molecule has 43 heavy (non-hydrogen) atoms. The van der Waals surface area contributed by atoms with E-state index in [9.17, 15) is 39.9 Å². The number of nitrogens with zero attached hydrogens (tertiary/aromatic N) is 2. The van der Waals surface area contributed by atoms with Crippen LogP contribution in [0.1, 0.15) is 28.7 Å². The predicted molar refractivity (Wildman–Crippen MR) is 157 cm³/mol. The van der Waals surface area contributed by atoms with E-state index in [1.165, 1.54) is 4.90 Å². The van der Waals surface area contributed by atoms with Crippen LogP contribution >= 0.6 is 0 Å². The quantitative estimate of drug-likeness (QED) is 0.227. The number of nitrogens with two attached hydrogens (primary N) is 1. The highest BCUT2D eigenvalue weighted by Crippen LogP contribution is 2.54. The molecule has 2 aromatic rings. The second-order valence-electron chi connectivity index (χ2n) is 11.9. The van der Waals surface area contributed by atoms with Gasteiger partial charge in [-0.2, -0.15) is 0 Å². The van der Waals surface area contributed by atoms with E-state index in [0.29, 0.717) is 23.4 Å². The maximum atomic E-state index is 14.1. The highest BCUT2D eigenvalue weighted by molar-refractivity contribution is 6.24. The van der Waals surface area contributed by atoms with Crippen LogP contribution in [0.4, 0.5) is 5.69 Å². The van der Waals surface area contributed by atoms with Gasteiger partial charge in [-0.05, 0) is 62.2 Å². The third-order valence-electron chi connectivity index (χ3n) is 8.84. The fourth-order valence-electron chi connectivity index (χ4n) is 6.84. The maximum absolute atomic E-state index is 14.1. The lowest BCUT2D eigenvalue weighted by atomic mass is 9.57. The molecule has 1 amide bonds. The first-order chi connectivity index (χ1) is 20.2. The van der Waals surface area contributed by atoms with Crippen LogP contribution in [0.3, 0.4) is 0 Å². The van der Waals surface area contributed by atoms with Crippen molar-refractivity contribution < 1.29 is 39.9 Å². The number of Topliss-reactive ketones (excluding diaryl/α,β-unsaturated/α-hetero) is 2. The van der Waals surface area contributed by atoms with Crippen molar-refractivity contribution in [2.45, 2.75) is 37.6 Å². The van der Waals surface area contributed by atoms with E-state index in [2.05, 4.69) is 5.32 Å². The minimum atomic E-state index is -2.69. The molecule has 0 heterocycles. The van der Waals surface area contributed by atoms with Gasteiger partial charge in [0.05, 0.1) is 11.6 Å². The number of aromatic hydroxyl groups is 2. The number of aliphatic hydroxyl groups is 3. The molecule has 0 aromatic heterocycles. The van der Waals surface area contributed by atoms with Crippen molar-refractivity contribution in [3.8, 4) is 11.5 Å². The number of carbonyl (C=O) groups excluding carboxylic acids is 3. The van der Waals surface area contributed by atoms with Crippen LogP contribution in [0.2, 0.25) is 0 Å². The number of phenolic OH excluding ortho intramolecular Hbond substituents is 2. The fourth-order valence-corrected chi connectivity index (χ4v) is 6.84. The average Bonchev–Trinajstić information content (AvgIpc) is 2.92. The van der Waals surface area contributed by atoms with E-state index in [0.717, 1.165) is 5.56 Å². The minimum absolute atomic E-state index is 0.0231. The molecule has 0 radical (unpaired) electrons. The van der Waals surface area contributed by atoms with Crippen LogP contribution in [0.25, 0.3) is 5.76 Å². The number of fused-ring (bicyclic) bond motifs is 3. The number of aliphatic hydroxyl groups excluding tert-OH is 2. The Morgan fingerprint density at radius 3 is 2.28 bits per heavy atom. The Labute approximate surface area is 248 Å². The van der Waals surface area contributed by atoms with Gasteiger partial charge in [0, 0.05) is 49.9 Å². The smallest absolute Gasteiger partial charge is 0.255 e. The second kappa shape index (κ2) is 10.7. The molecule has 0 unspecified atom stereocenters. The summed E-state index contributed by atoms with van der Waals surface area (Å²) in [5.74, 6) is -6.64. The van der Waals surface area contributed by atoms with Gasteiger partial charge in [-0.15, -0.1) is 0 Å². The number of phenols is 2. The lowest BCUT2D eigenvalue weighted by Gasteiger charge is -2.50. The number of hydrogen-bond acceptors (Lipinski definition) is 11. The molecule has 12 heteroatoms. The first-order valence-electron chi connectivity index (χ1n) is 13.9. The molecule has 1 fully saturated rings. The zero-order chi connectivity index (χ0) is 31.5. The number of anilines is 1. The van der Waals surface area contributed by atoms with E-state index < -0.39 is 58.0 Å². The second-order valence-corrected chi connectivity index (χ2v) is 11.9. The SMILES string of the molecule is CN(C)c1cc(CNCc2ccc(O)cc2)c(O)c2c1C[C@H]1C[C@H]3[C@@H](N(C)C)C(=O)C(C(N)=O)=C(O)[C@@]3(O)C(=O)C1=C2O. The molecular weight excluding hydrogens is 556 g/mol. The molecule has 0 spiro atoms. The molecule has 5 rings (SSSR count). The number of ketones is 2. The summed E-state index contributed by atoms with van der Waals surface area (Å²) in [6, 6.07) is 7.33. The number of likely N-dealkylation sites (N-methyl/N-ethyl adjacent to an activating group) is 1. The summed E-state index contributed by atoms with van der Waals surface area (Å²) in [5.41, 5.74) is 4.35. The van der Waals surface area contributed by atoms with Gasteiger partial charge in [0.25, 0.3) is 5.91 Å². The van der Waals surface area contributed by atoms with Crippen LogP contribution in [-0.2, 0) is 33.9 Å². The summed E-state index contributed by atoms with van der Waals surface area (Å²) in [7, 11) is 6.76. The Morgan fingerprint density at radius 2 is 1.70 bits per heavy atom. The highest BCUT2D eigenvalue weighted by Gasteiger charge is 2.64. The zero-order valence-corrected chi connectivity index (χ0v) is 24.4. The zero-order valence-electron chi connectivity index (χ0n) is 24.4. The summed E-state index contributed by atoms with van der Waals surface area (Å²) in [5, 5.41) is 58.6. The van der Waals surface area contributed by atoms with Crippen molar-refractivity contribution in [1.29, 1.82) is 0 Å². The summed E-state index contributed by atoms with van der Waals surface area (Å²) in [4.78, 5) is 42.8. The monoisotopic (exact) mass is 592 g/mol. The highest BCUT2D eigenvalue weighted by atomic mass is 16.3. The molecule has 8 N–H and O–H groups in total. The Morgan fingerprint density at radius 1 is 1.05 bits per heavy atom. The molecular formula is C31H36N4O8. The molecule has 0 bridgehead atoms. The van der Waals surface area contributed by atoms with Crippen molar-refractivity contribution in [3.63, 3.8) is 0 Å². The molecule has 3 aliphatic carbocycles. The van der Waals surface area contributed by atoms with Crippen molar-refractivity contribution >= 4 is 28.9 Å². The van der Waals surface area contributed by atoms with Crippen molar-refractivity contribution in [3.05, 3.63) is 69.5 Å². The Hall–Kier alpha value is -4.39. The first kappa shape index (κ1) is 30.1. The molecule has 2 aromatic carbocycles. The van der Waals surface area contributed by atoms with Gasteiger partial charge in [-0.1, -0.05) is 12.1 Å². The molecule has 0 aliphatic heterocycles. The lowest BCUT2D eigenvalue weighted by molar-refractivity contribution is -0.153. The Bertz CT molecular complexity index is 1590. The minimum Gasteiger partial charge on any atom is -0.508 e. The third-order valence-corrected chi connectivity index (χ3v) is 8.84. The summed E-state index contributed by atoms with van der Waals surface area (Å²) in [6.07, 6.45) is 0.228. The van der Waals surface area contributed by atoms with E-state index >= 15 is 0 Å². The summed E-state index contributed by atoms with van der Waals surface area (Å²) in [6.45, 7) is 0.626. The van der Waals surface area contributed by atoms with Crippen LogP contribution in [0, 0.1) is 11.8 Å². The van der Waals surface area contributed by atoms with Crippen LogP contribution in [-0.4, -0.2) is 87.7 Å².